The third-order valence-electron chi connectivity index (χ3n) is 2.83. The van der Waals surface area contributed by atoms with Crippen molar-refractivity contribution < 1.29 is 0 Å². The van der Waals surface area contributed by atoms with Crippen molar-refractivity contribution in [1.82, 2.24) is 4.98 Å². The van der Waals surface area contributed by atoms with E-state index in [1.54, 1.807) is 11.3 Å². The van der Waals surface area contributed by atoms with Gasteiger partial charge in [0, 0.05) is 0 Å². The number of para-hydroxylation sites is 1. The summed E-state index contributed by atoms with van der Waals surface area (Å²) in [5.41, 5.74) is 3.48. The number of aryl methyl sites for hydroxylation is 1. The van der Waals surface area contributed by atoms with Gasteiger partial charge in [0.1, 0.15) is 6.07 Å². The first-order valence-electron chi connectivity index (χ1n) is 5.89. The average Bonchev–Trinajstić information content (AvgIpc) is 2.83. The van der Waals surface area contributed by atoms with Gasteiger partial charge in [0.25, 0.3) is 0 Å². The Morgan fingerprint density at radius 1 is 1.21 bits per heavy atom. The first kappa shape index (κ1) is 11.7. The topological polar surface area (TPSA) is 48.7 Å². The largest absolute Gasteiger partial charge is 0.330 e. The summed E-state index contributed by atoms with van der Waals surface area (Å²) in [5.74, 6) is 0. The van der Waals surface area contributed by atoms with Gasteiger partial charge in [-0.1, -0.05) is 29.5 Å². The van der Waals surface area contributed by atoms with Gasteiger partial charge in [-0.15, -0.1) is 0 Å². The fraction of sp³-hybridized carbons (Fsp3) is 0.0667. The van der Waals surface area contributed by atoms with Crippen LogP contribution in [0, 0.1) is 18.3 Å². The van der Waals surface area contributed by atoms with Crippen molar-refractivity contribution in [2.45, 2.75) is 6.92 Å². The third kappa shape index (κ3) is 2.28. The highest BCUT2D eigenvalue weighted by atomic mass is 32.1. The van der Waals surface area contributed by atoms with Gasteiger partial charge in [0.05, 0.1) is 21.5 Å². The molecule has 0 fully saturated rings. The van der Waals surface area contributed by atoms with Crippen molar-refractivity contribution in [3.8, 4) is 6.07 Å². The van der Waals surface area contributed by atoms with Gasteiger partial charge in [0.2, 0.25) is 0 Å². The Labute approximate surface area is 115 Å². The number of hydrogen-bond acceptors (Lipinski definition) is 4. The standard InChI is InChI=1S/C15H11N3S/c1-10-6-7-12(11(8-10)9-16)17-15-18-13-4-2-3-5-14(13)19-15/h2-8H,1H3,(H,17,18). The normalized spacial score (nSPS) is 10.3. The molecule has 3 aromatic rings. The van der Waals surface area contributed by atoms with E-state index in [2.05, 4.69) is 16.4 Å². The van der Waals surface area contributed by atoms with Gasteiger partial charge in [-0.25, -0.2) is 4.98 Å². The van der Waals surface area contributed by atoms with Gasteiger partial charge < -0.3 is 5.32 Å². The molecule has 3 rings (SSSR count). The monoisotopic (exact) mass is 265 g/mol. The maximum absolute atomic E-state index is 9.15. The van der Waals surface area contributed by atoms with Gasteiger partial charge >= 0.3 is 0 Å². The second-order valence-corrected chi connectivity index (χ2v) is 5.30. The second kappa shape index (κ2) is 4.71. The van der Waals surface area contributed by atoms with E-state index in [1.165, 1.54) is 0 Å². The maximum atomic E-state index is 9.15. The molecule has 1 heterocycles. The summed E-state index contributed by atoms with van der Waals surface area (Å²) < 4.78 is 1.13. The lowest BCUT2D eigenvalue weighted by Crippen LogP contribution is -1.93. The molecule has 0 bridgehead atoms. The number of nitrogens with zero attached hydrogens (tertiary/aromatic N) is 2. The molecule has 0 amide bonds. The number of nitrogens with one attached hydrogen (secondary N) is 1. The number of anilines is 2. The Morgan fingerprint density at radius 3 is 2.84 bits per heavy atom. The molecule has 0 aliphatic rings. The number of nitriles is 1. The Balaban J connectivity index is 1.99. The maximum Gasteiger partial charge on any atom is 0.188 e. The summed E-state index contributed by atoms with van der Waals surface area (Å²) in [6, 6.07) is 16.0. The van der Waals surface area contributed by atoms with Crippen LogP contribution in [0.4, 0.5) is 10.8 Å². The second-order valence-electron chi connectivity index (χ2n) is 4.27. The highest BCUT2D eigenvalue weighted by Gasteiger charge is 2.06. The van der Waals surface area contributed by atoms with Crippen LogP contribution >= 0.6 is 11.3 Å². The van der Waals surface area contributed by atoms with Crippen LogP contribution < -0.4 is 5.32 Å². The number of aromatic nitrogens is 1. The summed E-state index contributed by atoms with van der Waals surface area (Å²) >= 11 is 1.58. The molecule has 0 spiro atoms. The predicted molar refractivity (Wildman–Crippen MR) is 78.8 cm³/mol. The molecule has 4 heteroatoms. The van der Waals surface area contributed by atoms with Crippen LogP contribution in [-0.4, -0.2) is 4.98 Å². The molecule has 3 nitrogen and oxygen atoms in total. The van der Waals surface area contributed by atoms with E-state index in [0.29, 0.717) is 5.56 Å². The van der Waals surface area contributed by atoms with Crippen molar-refractivity contribution >= 4 is 32.4 Å². The lowest BCUT2D eigenvalue weighted by atomic mass is 10.1. The van der Waals surface area contributed by atoms with Crippen LogP contribution in [0.25, 0.3) is 10.2 Å². The van der Waals surface area contributed by atoms with Crippen LogP contribution in [0.15, 0.2) is 42.5 Å². The molecule has 19 heavy (non-hydrogen) atoms. The lowest BCUT2D eigenvalue weighted by molar-refractivity contribution is 1.39. The molecule has 0 unspecified atom stereocenters. The Bertz CT molecular complexity index is 750. The summed E-state index contributed by atoms with van der Waals surface area (Å²) in [6.07, 6.45) is 0. The minimum Gasteiger partial charge on any atom is -0.330 e. The molecule has 1 aromatic heterocycles. The van der Waals surface area contributed by atoms with Crippen LogP contribution in [-0.2, 0) is 0 Å². The molecule has 0 saturated carbocycles. The number of hydrogen-bond donors (Lipinski definition) is 1. The van der Waals surface area contributed by atoms with E-state index in [4.69, 9.17) is 5.26 Å². The molecule has 2 aromatic carbocycles. The molecule has 0 atom stereocenters. The van der Waals surface area contributed by atoms with Crippen LogP contribution in [0.3, 0.4) is 0 Å². The fourth-order valence-electron chi connectivity index (χ4n) is 1.90. The highest BCUT2D eigenvalue weighted by Crippen LogP contribution is 2.29. The van der Waals surface area contributed by atoms with E-state index in [-0.39, 0.29) is 0 Å². The van der Waals surface area contributed by atoms with E-state index in [0.717, 1.165) is 26.6 Å². The van der Waals surface area contributed by atoms with Crippen LogP contribution in [0.5, 0.6) is 0 Å². The summed E-state index contributed by atoms with van der Waals surface area (Å²) in [5, 5.41) is 13.2. The van der Waals surface area contributed by atoms with Gasteiger partial charge in [0.15, 0.2) is 5.13 Å². The predicted octanol–water partition coefficient (Wildman–Crippen LogP) is 4.22. The highest BCUT2D eigenvalue weighted by molar-refractivity contribution is 7.22. The molecule has 92 valence electrons. The molecule has 1 N–H and O–H groups in total. The molecule has 0 saturated heterocycles. The van der Waals surface area contributed by atoms with Crippen molar-refractivity contribution in [3.63, 3.8) is 0 Å². The van der Waals surface area contributed by atoms with Gasteiger partial charge in [-0.2, -0.15) is 5.26 Å². The molecular formula is C15H11N3S. The summed E-state index contributed by atoms with van der Waals surface area (Å²) in [7, 11) is 0. The van der Waals surface area contributed by atoms with Crippen LogP contribution in [0.2, 0.25) is 0 Å². The minimum absolute atomic E-state index is 0.638. The molecule has 0 aliphatic heterocycles. The van der Waals surface area contributed by atoms with Crippen molar-refractivity contribution in [2.24, 2.45) is 0 Å². The Kier molecular flexibility index (Phi) is 2.90. The number of benzene rings is 2. The minimum atomic E-state index is 0.638. The zero-order valence-electron chi connectivity index (χ0n) is 10.3. The molecule has 0 radical (unpaired) electrons. The van der Waals surface area contributed by atoms with Gasteiger partial charge in [-0.3, -0.25) is 0 Å². The number of fused-ring (bicyclic) bond motifs is 1. The fourth-order valence-corrected chi connectivity index (χ4v) is 2.78. The Hall–Kier alpha value is -2.38. The smallest absolute Gasteiger partial charge is 0.188 e. The zero-order valence-corrected chi connectivity index (χ0v) is 11.2. The summed E-state index contributed by atoms with van der Waals surface area (Å²) in [4.78, 5) is 4.50. The Morgan fingerprint density at radius 2 is 2.05 bits per heavy atom. The molecule has 0 aliphatic carbocycles. The lowest BCUT2D eigenvalue weighted by Gasteiger charge is -2.05. The van der Waals surface area contributed by atoms with E-state index < -0.39 is 0 Å². The van der Waals surface area contributed by atoms with Crippen LogP contribution in [0.1, 0.15) is 11.1 Å². The molecular weight excluding hydrogens is 254 g/mol. The third-order valence-corrected chi connectivity index (χ3v) is 3.78. The van der Waals surface area contributed by atoms with Crippen molar-refractivity contribution in [2.75, 3.05) is 5.32 Å². The SMILES string of the molecule is Cc1ccc(Nc2nc3ccccc3s2)c(C#N)c1. The van der Waals surface area contributed by atoms with Crippen molar-refractivity contribution in [3.05, 3.63) is 53.6 Å². The first-order valence-corrected chi connectivity index (χ1v) is 6.71. The van der Waals surface area contributed by atoms with E-state index in [9.17, 15) is 0 Å². The van der Waals surface area contributed by atoms with Crippen molar-refractivity contribution in [1.29, 1.82) is 5.26 Å². The number of rotatable bonds is 2. The first-order chi connectivity index (χ1) is 9.26. The quantitative estimate of drug-likeness (QED) is 0.754. The summed E-state index contributed by atoms with van der Waals surface area (Å²) in [6.45, 7) is 1.97. The van der Waals surface area contributed by atoms with E-state index >= 15 is 0 Å². The average molecular weight is 265 g/mol. The van der Waals surface area contributed by atoms with Gasteiger partial charge in [-0.05, 0) is 36.8 Å². The number of thiazole rings is 1. The zero-order chi connectivity index (χ0) is 13.2. The van der Waals surface area contributed by atoms with E-state index in [1.807, 2.05) is 49.4 Å².